The molecule has 0 aliphatic carbocycles. The molecule has 4 aromatic rings. The third kappa shape index (κ3) is 9.18. The molecule has 0 amide bonds. The van der Waals surface area contributed by atoms with Crippen LogP contribution in [0.2, 0.25) is 0 Å². The van der Waals surface area contributed by atoms with E-state index in [1.165, 1.54) is 11.1 Å². The molecule has 37 heavy (non-hydrogen) atoms. The molecule has 0 spiro atoms. The van der Waals surface area contributed by atoms with Crippen molar-refractivity contribution in [2.75, 3.05) is 36.9 Å². The summed E-state index contributed by atoms with van der Waals surface area (Å²) in [7, 11) is 0. The van der Waals surface area contributed by atoms with Crippen LogP contribution in [-0.2, 0) is 6.42 Å². The zero-order valence-corrected chi connectivity index (χ0v) is 20.8. The standard InChI is InChI=1S/C31H34N2O4/c34-28(22-36-30-7-3-1-4-8-30)20-32-26-15-11-24(12-16-26)19-25-13-17-27(18-14-25)33-21-29(35)23-37-31-9-5-2-6-10-31/h1-18,28-29,32-35H,19-23H2/t28-,29+. The van der Waals surface area contributed by atoms with Gasteiger partial charge in [-0.2, -0.15) is 0 Å². The van der Waals surface area contributed by atoms with Crippen molar-refractivity contribution in [1.29, 1.82) is 0 Å². The molecule has 0 unspecified atom stereocenters. The minimum atomic E-state index is -0.607. The molecule has 0 bridgehead atoms. The van der Waals surface area contributed by atoms with Gasteiger partial charge in [-0.05, 0) is 66.1 Å². The molecule has 6 heteroatoms. The predicted octanol–water partition coefficient (Wildman–Crippen LogP) is 4.98. The lowest BCUT2D eigenvalue weighted by atomic mass is 10.0. The molecule has 4 aromatic carbocycles. The lowest BCUT2D eigenvalue weighted by Gasteiger charge is -2.15. The van der Waals surface area contributed by atoms with E-state index in [1.54, 1.807) is 0 Å². The van der Waals surface area contributed by atoms with E-state index in [9.17, 15) is 10.2 Å². The topological polar surface area (TPSA) is 83.0 Å². The van der Waals surface area contributed by atoms with Crippen molar-refractivity contribution < 1.29 is 19.7 Å². The molecule has 0 aliphatic heterocycles. The van der Waals surface area contributed by atoms with Crippen molar-refractivity contribution in [3.63, 3.8) is 0 Å². The number of hydrogen-bond donors (Lipinski definition) is 4. The summed E-state index contributed by atoms with van der Waals surface area (Å²) in [5.74, 6) is 1.50. The lowest BCUT2D eigenvalue weighted by molar-refractivity contribution is 0.117. The first-order valence-electron chi connectivity index (χ1n) is 12.5. The highest BCUT2D eigenvalue weighted by Crippen LogP contribution is 2.17. The third-order valence-corrected chi connectivity index (χ3v) is 5.77. The van der Waals surface area contributed by atoms with E-state index in [1.807, 2.05) is 84.9 Å². The lowest BCUT2D eigenvalue weighted by Crippen LogP contribution is -2.26. The Labute approximate surface area is 218 Å². The van der Waals surface area contributed by atoms with E-state index >= 15 is 0 Å². The normalized spacial score (nSPS) is 12.4. The number of aliphatic hydroxyl groups is 2. The second-order valence-electron chi connectivity index (χ2n) is 8.89. The fourth-order valence-electron chi connectivity index (χ4n) is 3.72. The van der Waals surface area contributed by atoms with E-state index in [0.29, 0.717) is 13.1 Å². The van der Waals surface area contributed by atoms with E-state index in [-0.39, 0.29) is 13.2 Å². The van der Waals surface area contributed by atoms with Crippen LogP contribution in [0.3, 0.4) is 0 Å². The maximum atomic E-state index is 10.2. The van der Waals surface area contributed by atoms with Gasteiger partial charge >= 0.3 is 0 Å². The summed E-state index contributed by atoms with van der Waals surface area (Å²) in [4.78, 5) is 0. The molecule has 0 aromatic heterocycles. The summed E-state index contributed by atoms with van der Waals surface area (Å²) >= 11 is 0. The second-order valence-corrected chi connectivity index (χ2v) is 8.89. The Morgan fingerprint density at radius 2 is 0.892 bits per heavy atom. The summed E-state index contributed by atoms with van der Waals surface area (Å²) in [5.41, 5.74) is 4.31. The summed E-state index contributed by atoms with van der Waals surface area (Å²) in [6.45, 7) is 1.29. The Morgan fingerprint density at radius 1 is 0.514 bits per heavy atom. The molecule has 0 radical (unpaired) electrons. The summed E-state index contributed by atoms with van der Waals surface area (Å²) in [6.07, 6.45) is -0.393. The second kappa shape index (κ2) is 13.9. The van der Waals surface area contributed by atoms with Crippen LogP contribution in [0.5, 0.6) is 11.5 Å². The van der Waals surface area contributed by atoms with Gasteiger partial charge < -0.3 is 30.3 Å². The Bertz CT molecular complexity index is 1070. The van der Waals surface area contributed by atoms with Crippen molar-refractivity contribution in [3.05, 3.63) is 120 Å². The van der Waals surface area contributed by atoms with Crippen LogP contribution in [0.15, 0.2) is 109 Å². The van der Waals surface area contributed by atoms with Gasteiger partial charge in [0, 0.05) is 24.5 Å². The number of para-hydroxylation sites is 2. The van der Waals surface area contributed by atoms with Gasteiger partial charge in [-0.25, -0.2) is 0 Å². The zero-order valence-electron chi connectivity index (χ0n) is 20.8. The number of benzene rings is 4. The maximum absolute atomic E-state index is 10.2. The van der Waals surface area contributed by atoms with Crippen molar-refractivity contribution in [1.82, 2.24) is 0 Å². The summed E-state index contributed by atoms with van der Waals surface area (Å²) < 4.78 is 11.2. The van der Waals surface area contributed by atoms with Gasteiger partial charge in [-0.15, -0.1) is 0 Å². The predicted molar refractivity (Wildman–Crippen MR) is 149 cm³/mol. The van der Waals surface area contributed by atoms with Gasteiger partial charge in [0.15, 0.2) is 0 Å². The van der Waals surface area contributed by atoms with Crippen LogP contribution in [0.4, 0.5) is 11.4 Å². The number of hydrogen-bond acceptors (Lipinski definition) is 6. The van der Waals surface area contributed by atoms with E-state index in [2.05, 4.69) is 34.9 Å². The van der Waals surface area contributed by atoms with Crippen LogP contribution < -0.4 is 20.1 Å². The number of ether oxygens (including phenoxy) is 2. The van der Waals surface area contributed by atoms with Gasteiger partial charge in [0.1, 0.15) is 36.9 Å². The Kier molecular flexibility index (Phi) is 9.81. The number of nitrogens with one attached hydrogen (secondary N) is 2. The smallest absolute Gasteiger partial charge is 0.119 e. The van der Waals surface area contributed by atoms with Crippen LogP contribution in [0.1, 0.15) is 11.1 Å². The van der Waals surface area contributed by atoms with Crippen LogP contribution in [0, 0.1) is 0 Å². The molecule has 6 nitrogen and oxygen atoms in total. The molecular formula is C31H34N2O4. The van der Waals surface area contributed by atoms with Gasteiger partial charge in [-0.1, -0.05) is 60.7 Å². The highest BCUT2D eigenvalue weighted by molar-refractivity contribution is 5.47. The van der Waals surface area contributed by atoms with E-state index in [0.717, 1.165) is 29.3 Å². The van der Waals surface area contributed by atoms with Crippen molar-refractivity contribution in [2.24, 2.45) is 0 Å². The first-order chi connectivity index (χ1) is 18.1. The van der Waals surface area contributed by atoms with Gasteiger partial charge in [0.25, 0.3) is 0 Å². The number of anilines is 2. The fourth-order valence-corrected chi connectivity index (χ4v) is 3.72. The van der Waals surface area contributed by atoms with Crippen molar-refractivity contribution in [3.8, 4) is 11.5 Å². The molecule has 0 heterocycles. The molecule has 192 valence electrons. The molecular weight excluding hydrogens is 464 g/mol. The Morgan fingerprint density at radius 3 is 1.27 bits per heavy atom. The summed E-state index contributed by atoms with van der Waals surface area (Å²) in [6, 6.07) is 35.4. The first-order valence-corrected chi connectivity index (χ1v) is 12.5. The van der Waals surface area contributed by atoms with Gasteiger partial charge in [-0.3, -0.25) is 0 Å². The average molecular weight is 499 g/mol. The van der Waals surface area contributed by atoms with Crippen LogP contribution in [0.25, 0.3) is 0 Å². The molecule has 2 atom stereocenters. The molecule has 0 aliphatic rings. The number of aliphatic hydroxyl groups excluding tert-OH is 2. The Hall–Kier alpha value is -4.00. The SMILES string of the molecule is O[C@H](CNc1ccc(Cc2ccc(NC[C@H](O)COc3ccccc3)cc2)cc1)COc1ccccc1. The molecule has 4 rings (SSSR count). The summed E-state index contributed by atoms with van der Waals surface area (Å²) in [5, 5.41) is 26.9. The van der Waals surface area contributed by atoms with Crippen LogP contribution in [-0.4, -0.2) is 48.7 Å². The largest absolute Gasteiger partial charge is 0.491 e. The van der Waals surface area contributed by atoms with E-state index < -0.39 is 12.2 Å². The average Bonchev–Trinajstić information content (AvgIpc) is 2.95. The van der Waals surface area contributed by atoms with Gasteiger partial charge in [0.2, 0.25) is 0 Å². The Balaban J connectivity index is 1.15. The van der Waals surface area contributed by atoms with Crippen LogP contribution >= 0.6 is 0 Å². The first kappa shape index (κ1) is 26.1. The molecule has 0 saturated carbocycles. The fraction of sp³-hybridized carbons (Fsp3) is 0.226. The quantitative estimate of drug-likeness (QED) is 0.196. The third-order valence-electron chi connectivity index (χ3n) is 5.77. The van der Waals surface area contributed by atoms with Gasteiger partial charge in [0.05, 0.1) is 0 Å². The highest BCUT2D eigenvalue weighted by Gasteiger charge is 2.07. The minimum Gasteiger partial charge on any atom is -0.491 e. The molecule has 0 fully saturated rings. The van der Waals surface area contributed by atoms with Crippen molar-refractivity contribution >= 4 is 11.4 Å². The minimum absolute atomic E-state index is 0.236. The zero-order chi connectivity index (χ0) is 25.7. The highest BCUT2D eigenvalue weighted by atomic mass is 16.5. The molecule has 4 N–H and O–H groups in total. The van der Waals surface area contributed by atoms with E-state index in [4.69, 9.17) is 9.47 Å². The monoisotopic (exact) mass is 498 g/mol. The molecule has 0 saturated heterocycles. The number of rotatable bonds is 14. The van der Waals surface area contributed by atoms with Crippen molar-refractivity contribution in [2.45, 2.75) is 18.6 Å². The maximum Gasteiger partial charge on any atom is 0.119 e.